The Morgan fingerprint density at radius 3 is 2.80 bits per heavy atom. The van der Waals surface area contributed by atoms with Crippen LogP contribution in [0.15, 0.2) is 18.2 Å². The van der Waals surface area contributed by atoms with Crippen LogP contribution in [0.5, 0.6) is 0 Å². The average Bonchev–Trinajstić information content (AvgIpc) is 2.89. The minimum absolute atomic E-state index is 0.0246. The van der Waals surface area contributed by atoms with Gasteiger partial charge in [-0.1, -0.05) is 18.0 Å². The molecule has 2 atom stereocenters. The van der Waals surface area contributed by atoms with E-state index in [9.17, 15) is 10.1 Å². The highest BCUT2D eigenvalue weighted by Crippen LogP contribution is 2.36. The smallest absolute Gasteiger partial charge is 0.271 e. The molecule has 0 aromatic heterocycles. The van der Waals surface area contributed by atoms with Crippen molar-refractivity contribution in [2.45, 2.75) is 32.2 Å². The molecular weight excluding hydrogens is 278 g/mol. The summed E-state index contributed by atoms with van der Waals surface area (Å²) in [5.41, 5.74) is 6.74. The van der Waals surface area contributed by atoms with Crippen molar-refractivity contribution in [1.82, 2.24) is 0 Å². The number of hydrogen-bond acceptors (Lipinski definition) is 4. The SMILES string of the molecule is CCN(c1ccc([N+](=O)[O-])cc1Cl)C1CCCC1CN. The summed E-state index contributed by atoms with van der Waals surface area (Å²) < 4.78 is 0. The molecule has 2 rings (SSSR count). The normalized spacial score (nSPS) is 21.9. The molecule has 1 aromatic rings. The van der Waals surface area contributed by atoms with Gasteiger partial charge >= 0.3 is 0 Å². The molecule has 1 saturated carbocycles. The highest BCUT2D eigenvalue weighted by molar-refractivity contribution is 6.33. The van der Waals surface area contributed by atoms with E-state index in [1.807, 2.05) is 0 Å². The Kier molecular flexibility index (Phi) is 4.83. The van der Waals surface area contributed by atoms with Crippen molar-refractivity contribution < 1.29 is 4.92 Å². The fourth-order valence-corrected chi connectivity index (χ4v) is 3.41. The van der Waals surface area contributed by atoms with Gasteiger partial charge in [0.1, 0.15) is 0 Å². The van der Waals surface area contributed by atoms with Crippen LogP contribution in [0.1, 0.15) is 26.2 Å². The van der Waals surface area contributed by atoms with E-state index < -0.39 is 4.92 Å². The number of anilines is 1. The molecule has 2 unspecified atom stereocenters. The Bertz CT molecular complexity index is 495. The molecule has 0 spiro atoms. The first-order valence-corrected chi connectivity index (χ1v) is 7.37. The van der Waals surface area contributed by atoms with E-state index in [1.165, 1.54) is 18.6 Å². The maximum Gasteiger partial charge on any atom is 0.271 e. The first-order chi connectivity index (χ1) is 9.58. The zero-order chi connectivity index (χ0) is 14.7. The number of non-ortho nitro benzene ring substituents is 1. The van der Waals surface area contributed by atoms with Gasteiger partial charge in [-0.05, 0) is 38.3 Å². The number of rotatable bonds is 5. The van der Waals surface area contributed by atoms with Crippen LogP contribution in [0, 0.1) is 16.0 Å². The molecule has 20 heavy (non-hydrogen) atoms. The fourth-order valence-electron chi connectivity index (χ4n) is 3.13. The van der Waals surface area contributed by atoms with Gasteiger partial charge < -0.3 is 10.6 Å². The maximum absolute atomic E-state index is 10.8. The van der Waals surface area contributed by atoms with Crippen molar-refractivity contribution in [1.29, 1.82) is 0 Å². The van der Waals surface area contributed by atoms with Gasteiger partial charge in [0.15, 0.2) is 0 Å². The third-order valence-corrected chi connectivity index (χ3v) is 4.42. The van der Waals surface area contributed by atoms with Gasteiger partial charge in [0.05, 0.1) is 15.6 Å². The molecule has 1 aliphatic rings. The molecule has 0 radical (unpaired) electrons. The quantitative estimate of drug-likeness (QED) is 0.669. The summed E-state index contributed by atoms with van der Waals surface area (Å²) in [7, 11) is 0. The van der Waals surface area contributed by atoms with Crippen molar-refractivity contribution in [3.8, 4) is 0 Å². The highest BCUT2D eigenvalue weighted by Gasteiger charge is 2.31. The van der Waals surface area contributed by atoms with Crippen LogP contribution in [0.2, 0.25) is 5.02 Å². The second kappa shape index (κ2) is 6.41. The molecule has 0 amide bonds. The van der Waals surface area contributed by atoms with E-state index in [0.29, 0.717) is 23.5 Å². The Labute approximate surface area is 123 Å². The molecule has 1 aromatic carbocycles. The van der Waals surface area contributed by atoms with Gasteiger partial charge in [0.25, 0.3) is 5.69 Å². The predicted octanol–water partition coefficient (Wildman–Crippen LogP) is 3.20. The third kappa shape index (κ3) is 2.88. The zero-order valence-corrected chi connectivity index (χ0v) is 12.3. The van der Waals surface area contributed by atoms with Crippen LogP contribution in [-0.2, 0) is 0 Å². The number of benzene rings is 1. The van der Waals surface area contributed by atoms with Crippen LogP contribution >= 0.6 is 11.6 Å². The number of hydrogen-bond donors (Lipinski definition) is 1. The number of halogens is 1. The van der Waals surface area contributed by atoms with Crippen LogP contribution in [0.4, 0.5) is 11.4 Å². The van der Waals surface area contributed by atoms with E-state index in [2.05, 4.69) is 11.8 Å². The molecule has 0 saturated heterocycles. The molecule has 0 heterocycles. The Hall–Kier alpha value is -1.33. The number of nitrogens with zero attached hydrogens (tertiary/aromatic N) is 2. The second-order valence-corrected chi connectivity index (χ2v) is 5.58. The minimum atomic E-state index is -0.426. The standard InChI is InChI=1S/C14H20ClN3O2/c1-2-17(13-5-3-4-10(13)9-16)14-7-6-11(18(19)20)8-12(14)15/h6-8,10,13H,2-5,9,16H2,1H3. The molecular formula is C14H20ClN3O2. The molecule has 5 nitrogen and oxygen atoms in total. The molecule has 2 N–H and O–H groups in total. The Balaban J connectivity index is 2.30. The summed E-state index contributed by atoms with van der Waals surface area (Å²) in [6.45, 7) is 3.56. The molecule has 0 bridgehead atoms. The third-order valence-electron chi connectivity index (χ3n) is 4.11. The van der Waals surface area contributed by atoms with E-state index in [4.69, 9.17) is 17.3 Å². The van der Waals surface area contributed by atoms with Gasteiger partial charge in [-0.2, -0.15) is 0 Å². The largest absolute Gasteiger partial charge is 0.367 e. The number of nitrogens with two attached hydrogens (primary N) is 1. The van der Waals surface area contributed by atoms with E-state index in [0.717, 1.165) is 25.1 Å². The molecule has 6 heteroatoms. The van der Waals surface area contributed by atoms with Gasteiger partial charge in [-0.3, -0.25) is 10.1 Å². The summed E-state index contributed by atoms with van der Waals surface area (Å²) in [6, 6.07) is 5.06. The van der Waals surface area contributed by atoms with Crippen LogP contribution in [0.25, 0.3) is 0 Å². The van der Waals surface area contributed by atoms with Gasteiger partial charge in [0, 0.05) is 24.7 Å². The van der Waals surface area contributed by atoms with Crippen LogP contribution in [0.3, 0.4) is 0 Å². The van der Waals surface area contributed by atoms with Gasteiger partial charge in [-0.15, -0.1) is 0 Å². The van der Waals surface area contributed by atoms with E-state index >= 15 is 0 Å². The Morgan fingerprint density at radius 2 is 2.25 bits per heavy atom. The summed E-state index contributed by atoms with van der Waals surface area (Å²) >= 11 is 6.24. The summed E-state index contributed by atoms with van der Waals surface area (Å²) in [5, 5.41) is 11.2. The second-order valence-electron chi connectivity index (χ2n) is 5.17. The number of nitro groups is 1. The fraction of sp³-hybridized carbons (Fsp3) is 0.571. The lowest BCUT2D eigenvalue weighted by Crippen LogP contribution is -2.40. The van der Waals surface area contributed by atoms with Crippen molar-refractivity contribution in [3.05, 3.63) is 33.3 Å². The first kappa shape index (κ1) is 15.1. The monoisotopic (exact) mass is 297 g/mol. The lowest BCUT2D eigenvalue weighted by Gasteiger charge is -2.34. The molecule has 0 aliphatic heterocycles. The topological polar surface area (TPSA) is 72.4 Å². The van der Waals surface area contributed by atoms with E-state index in [-0.39, 0.29) is 5.69 Å². The first-order valence-electron chi connectivity index (χ1n) is 6.99. The molecule has 110 valence electrons. The molecule has 1 fully saturated rings. The van der Waals surface area contributed by atoms with Gasteiger partial charge in [-0.25, -0.2) is 0 Å². The summed E-state index contributed by atoms with van der Waals surface area (Å²) in [5.74, 6) is 0.473. The lowest BCUT2D eigenvalue weighted by molar-refractivity contribution is -0.384. The predicted molar refractivity (Wildman–Crippen MR) is 81.3 cm³/mol. The number of nitro benzene ring substituents is 1. The lowest BCUT2D eigenvalue weighted by atomic mass is 10.0. The Morgan fingerprint density at radius 1 is 1.50 bits per heavy atom. The van der Waals surface area contributed by atoms with Crippen molar-refractivity contribution in [2.75, 3.05) is 18.0 Å². The minimum Gasteiger partial charge on any atom is -0.367 e. The van der Waals surface area contributed by atoms with Crippen molar-refractivity contribution >= 4 is 23.0 Å². The highest BCUT2D eigenvalue weighted by atomic mass is 35.5. The van der Waals surface area contributed by atoms with Crippen molar-refractivity contribution in [3.63, 3.8) is 0 Å². The van der Waals surface area contributed by atoms with Crippen molar-refractivity contribution in [2.24, 2.45) is 11.7 Å². The maximum atomic E-state index is 10.8. The molecule has 1 aliphatic carbocycles. The van der Waals surface area contributed by atoms with E-state index in [1.54, 1.807) is 6.07 Å². The zero-order valence-electron chi connectivity index (χ0n) is 11.6. The summed E-state index contributed by atoms with van der Waals surface area (Å²) in [6.07, 6.45) is 3.42. The van der Waals surface area contributed by atoms with Gasteiger partial charge in [0.2, 0.25) is 0 Å². The summed E-state index contributed by atoms with van der Waals surface area (Å²) in [4.78, 5) is 12.6. The van der Waals surface area contributed by atoms with Crippen LogP contribution in [-0.4, -0.2) is 24.1 Å². The van der Waals surface area contributed by atoms with Crippen LogP contribution < -0.4 is 10.6 Å². The average molecular weight is 298 g/mol.